The SMILES string of the molecule is Cc1ccc(Nc2cncc(C(=O)NCc3ccncc3)c2)cc1C. The fourth-order valence-corrected chi connectivity index (χ4v) is 2.40. The van der Waals surface area contributed by atoms with E-state index in [1.54, 1.807) is 30.9 Å². The Morgan fingerprint density at radius 1 is 0.920 bits per heavy atom. The highest BCUT2D eigenvalue weighted by Gasteiger charge is 2.07. The van der Waals surface area contributed by atoms with Gasteiger partial charge in [0.25, 0.3) is 5.91 Å². The van der Waals surface area contributed by atoms with Gasteiger partial charge in [0, 0.05) is 30.8 Å². The van der Waals surface area contributed by atoms with Gasteiger partial charge in [0.15, 0.2) is 0 Å². The number of nitrogens with one attached hydrogen (secondary N) is 2. The van der Waals surface area contributed by atoms with Crippen molar-refractivity contribution in [3.05, 3.63) is 83.4 Å². The van der Waals surface area contributed by atoms with Crippen molar-refractivity contribution in [1.82, 2.24) is 15.3 Å². The molecular weight excluding hydrogens is 312 g/mol. The molecule has 3 rings (SSSR count). The van der Waals surface area contributed by atoms with Crippen LogP contribution in [0.15, 0.2) is 61.2 Å². The summed E-state index contributed by atoms with van der Waals surface area (Å²) in [6, 6.07) is 11.7. The van der Waals surface area contributed by atoms with Crippen LogP contribution in [0.3, 0.4) is 0 Å². The van der Waals surface area contributed by atoms with E-state index in [1.165, 1.54) is 11.1 Å². The number of benzene rings is 1. The molecule has 126 valence electrons. The first-order chi connectivity index (χ1) is 12.1. The summed E-state index contributed by atoms with van der Waals surface area (Å²) in [6.07, 6.45) is 6.68. The van der Waals surface area contributed by atoms with E-state index < -0.39 is 0 Å². The summed E-state index contributed by atoms with van der Waals surface area (Å²) < 4.78 is 0. The van der Waals surface area contributed by atoms with Crippen molar-refractivity contribution in [2.75, 3.05) is 5.32 Å². The molecule has 2 heterocycles. The Kier molecular flexibility index (Phi) is 5.04. The van der Waals surface area contributed by atoms with Crippen LogP contribution in [0.1, 0.15) is 27.0 Å². The summed E-state index contributed by atoms with van der Waals surface area (Å²) in [5.41, 5.74) is 5.72. The molecule has 0 unspecified atom stereocenters. The van der Waals surface area contributed by atoms with Crippen molar-refractivity contribution >= 4 is 17.3 Å². The zero-order valence-electron chi connectivity index (χ0n) is 14.3. The summed E-state index contributed by atoms with van der Waals surface area (Å²) in [6.45, 7) is 4.60. The zero-order chi connectivity index (χ0) is 17.6. The lowest BCUT2D eigenvalue weighted by atomic mass is 10.1. The summed E-state index contributed by atoms with van der Waals surface area (Å²) >= 11 is 0. The van der Waals surface area contributed by atoms with Crippen molar-refractivity contribution in [3.63, 3.8) is 0 Å². The van der Waals surface area contributed by atoms with E-state index in [1.807, 2.05) is 18.2 Å². The lowest BCUT2D eigenvalue weighted by Gasteiger charge is -2.10. The topological polar surface area (TPSA) is 66.9 Å². The molecule has 0 aliphatic carbocycles. The van der Waals surface area contributed by atoms with Gasteiger partial charge in [-0.05, 0) is 60.9 Å². The smallest absolute Gasteiger partial charge is 0.253 e. The van der Waals surface area contributed by atoms with Crippen LogP contribution >= 0.6 is 0 Å². The minimum Gasteiger partial charge on any atom is -0.354 e. The molecule has 0 aliphatic rings. The van der Waals surface area contributed by atoms with Gasteiger partial charge in [0.2, 0.25) is 0 Å². The van der Waals surface area contributed by atoms with Crippen LogP contribution in [-0.2, 0) is 6.54 Å². The number of rotatable bonds is 5. The number of carbonyl (C=O) groups is 1. The highest BCUT2D eigenvalue weighted by Crippen LogP contribution is 2.19. The number of hydrogen-bond donors (Lipinski definition) is 2. The van der Waals surface area contributed by atoms with E-state index in [0.717, 1.165) is 16.9 Å². The largest absolute Gasteiger partial charge is 0.354 e. The standard InChI is InChI=1S/C20H20N4O/c1-14-3-4-18(9-15(14)2)24-19-10-17(12-22-13-19)20(25)23-11-16-5-7-21-8-6-16/h3-10,12-13,24H,11H2,1-2H3,(H,23,25). The predicted molar refractivity (Wildman–Crippen MR) is 98.8 cm³/mol. The molecule has 1 amide bonds. The van der Waals surface area contributed by atoms with Gasteiger partial charge >= 0.3 is 0 Å². The van der Waals surface area contributed by atoms with Crippen LogP contribution in [0.25, 0.3) is 0 Å². The molecule has 0 radical (unpaired) electrons. The number of aromatic nitrogens is 2. The molecule has 0 aliphatic heterocycles. The molecule has 0 atom stereocenters. The first-order valence-corrected chi connectivity index (χ1v) is 8.08. The van der Waals surface area contributed by atoms with Crippen molar-refractivity contribution in [2.45, 2.75) is 20.4 Å². The number of anilines is 2. The van der Waals surface area contributed by atoms with Crippen LogP contribution in [0.2, 0.25) is 0 Å². The molecule has 25 heavy (non-hydrogen) atoms. The molecule has 5 heteroatoms. The third kappa shape index (κ3) is 4.41. The summed E-state index contributed by atoms with van der Waals surface area (Å²) in [7, 11) is 0. The van der Waals surface area contributed by atoms with E-state index >= 15 is 0 Å². The van der Waals surface area contributed by atoms with E-state index in [-0.39, 0.29) is 5.91 Å². The second kappa shape index (κ2) is 7.57. The maximum atomic E-state index is 12.3. The van der Waals surface area contributed by atoms with Gasteiger partial charge in [-0.25, -0.2) is 0 Å². The van der Waals surface area contributed by atoms with Gasteiger partial charge < -0.3 is 10.6 Å². The monoisotopic (exact) mass is 332 g/mol. The van der Waals surface area contributed by atoms with E-state index in [0.29, 0.717) is 12.1 Å². The molecule has 0 bridgehead atoms. The second-order valence-corrected chi connectivity index (χ2v) is 5.92. The molecule has 0 saturated carbocycles. The van der Waals surface area contributed by atoms with Crippen LogP contribution in [-0.4, -0.2) is 15.9 Å². The first-order valence-electron chi connectivity index (χ1n) is 8.08. The van der Waals surface area contributed by atoms with Crippen molar-refractivity contribution in [1.29, 1.82) is 0 Å². The highest BCUT2D eigenvalue weighted by atomic mass is 16.1. The van der Waals surface area contributed by atoms with Gasteiger partial charge in [0.1, 0.15) is 0 Å². The number of aryl methyl sites for hydroxylation is 2. The lowest BCUT2D eigenvalue weighted by molar-refractivity contribution is 0.0950. The van der Waals surface area contributed by atoms with Gasteiger partial charge in [0.05, 0.1) is 17.4 Å². The number of hydrogen-bond acceptors (Lipinski definition) is 4. The Morgan fingerprint density at radius 3 is 2.48 bits per heavy atom. The number of carbonyl (C=O) groups excluding carboxylic acids is 1. The van der Waals surface area contributed by atoms with Crippen molar-refractivity contribution in [2.24, 2.45) is 0 Å². The fraction of sp³-hybridized carbons (Fsp3) is 0.150. The maximum absolute atomic E-state index is 12.3. The third-order valence-electron chi connectivity index (χ3n) is 4.00. The van der Waals surface area contributed by atoms with E-state index in [9.17, 15) is 4.79 Å². The van der Waals surface area contributed by atoms with Gasteiger partial charge in [-0.3, -0.25) is 14.8 Å². The number of amides is 1. The number of pyridine rings is 2. The maximum Gasteiger partial charge on any atom is 0.253 e. The summed E-state index contributed by atoms with van der Waals surface area (Å²) in [4.78, 5) is 20.5. The molecule has 0 saturated heterocycles. The first kappa shape index (κ1) is 16.6. The van der Waals surface area contributed by atoms with Crippen molar-refractivity contribution in [3.8, 4) is 0 Å². The molecule has 3 aromatic rings. The quantitative estimate of drug-likeness (QED) is 0.746. The van der Waals surface area contributed by atoms with Gasteiger partial charge in [-0.2, -0.15) is 0 Å². The Labute approximate surface area is 147 Å². The molecule has 0 spiro atoms. The lowest BCUT2D eigenvalue weighted by Crippen LogP contribution is -2.23. The molecule has 0 fully saturated rings. The Hall–Kier alpha value is -3.21. The minimum atomic E-state index is -0.159. The average Bonchev–Trinajstić information content (AvgIpc) is 2.64. The number of nitrogens with zero attached hydrogens (tertiary/aromatic N) is 2. The van der Waals surface area contributed by atoms with E-state index in [2.05, 4.69) is 46.6 Å². The molecule has 5 nitrogen and oxygen atoms in total. The van der Waals surface area contributed by atoms with Crippen molar-refractivity contribution < 1.29 is 4.79 Å². The predicted octanol–water partition coefficient (Wildman–Crippen LogP) is 3.77. The highest BCUT2D eigenvalue weighted by molar-refractivity contribution is 5.94. The summed E-state index contributed by atoms with van der Waals surface area (Å²) in [5.74, 6) is -0.159. The van der Waals surface area contributed by atoms with Crippen LogP contribution < -0.4 is 10.6 Å². The Bertz CT molecular complexity index is 878. The third-order valence-corrected chi connectivity index (χ3v) is 4.00. The Balaban J connectivity index is 1.68. The minimum absolute atomic E-state index is 0.159. The fourth-order valence-electron chi connectivity index (χ4n) is 2.40. The van der Waals surface area contributed by atoms with Crippen LogP contribution in [0.5, 0.6) is 0 Å². The molecule has 1 aromatic carbocycles. The normalized spacial score (nSPS) is 10.3. The van der Waals surface area contributed by atoms with Gasteiger partial charge in [-0.15, -0.1) is 0 Å². The molecule has 2 aromatic heterocycles. The zero-order valence-corrected chi connectivity index (χ0v) is 14.3. The summed E-state index contributed by atoms with van der Waals surface area (Å²) in [5, 5.41) is 6.18. The second-order valence-electron chi connectivity index (χ2n) is 5.92. The van der Waals surface area contributed by atoms with Crippen LogP contribution in [0, 0.1) is 13.8 Å². The molecule has 2 N–H and O–H groups in total. The van der Waals surface area contributed by atoms with Crippen LogP contribution in [0.4, 0.5) is 11.4 Å². The Morgan fingerprint density at radius 2 is 1.72 bits per heavy atom. The van der Waals surface area contributed by atoms with Gasteiger partial charge in [-0.1, -0.05) is 6.07 Å². The average molecular weight is 332 g/mol. The molecular formula is C20H20N4O. The van der Waals surface area contributed by atoms with E-state index in [4.69, 9.17) is 0 Å².